The zero-order chi connectivity index (χ0) is 17.0. The number of benzene rings is 1. The number of nitrogens with one attached hydrogen (secondary N) is 1. The molecule has 1 heterocycles. The topological polar surface area (TPSA) is 101 Å². The maximum absolute atomic E-state index is 12.8. The summed E-state index contributed by atoms with van der Waals surface area (Å²) in [6.07, 6.45) is 2.52. The first-order valence-corrected chi connectivity index (χ1v) is 8.40. The first kappa shape index (κ1) is 17.1. The maximum atomic E-state index is 12.8. The lowest BCUT2D eigenvalue weighted by Crippen LogP contribution is -2.36. The van der Waals surface area contributed by atoms with Crippen LogP contribution >= 0.6 is 0 Å². The molecule has 0 fully saturated rings. The van der Waals surface area contributed by atoms with Crippen LogP contribution in [0.2, 0.25) is 0 Å². The van der Waals surface area contributed by atoms with E-state index in [1.165, 1.54) is 41.3 Å². The zero-order valence-corrected chi connectivity index (χ0v) is 13.1. The molecule has 0 aliphatic carbocycles. The highest BCUT2D eigenvalue weighted by Gasteiger charge is 2.16. The number of nitrogens with zero attached hydrogens (tertiary/aromatic N) is 2. The highest BCUT2D eigenvalue weighted by atomic mass is 32.2. The molecule has 0 saturated heterocycles. The molecule has 124 valence electrons. The Morgan fingerprint density at radius 3 is 2.61 bits per heavy atom. The smallest absolute Gasteiger partial charge is 0.338 e. The van der Waals surface area contributed by atoms with Gasteiger partial charge in [0.25, 0.3) is 0 Å². The number of hydrogen-bond donors (Lipinski definition) is 2. The highest BCUT2D eigenvalue weighted by molar-refractivity contribution is 7.88. The van der Waals surface area contributed by atoms with E-state index >= 15 is 0 Å². The number of aromatic carboxylic acids is 1. The molecular formula is C14H16FN3O4S. The SMILES string of the molecule is CC(Cn1cc(C(=O)O)cn1)NS(=O)(=O)Cc1ccc(F)cc1. The maximum Gasteiger partial charge on any atom is 0.338 e. The first-order chi connectivity index (χ1) is 10.7. The molecule has 0 amide bonds. The number of carboxylic acids is 1. The molecule has 1 aromatic carbocycles. The van der Waals surface area contributed by atoms with Crippen LogP contribution in [-0.4, -0.2) is 35.3 Å². The number of sulfonamides is 1. The predicted octanol–water partition coefficient (Wildman–Crippen LogP) is 1.23. The number of aromatic nitrogens is 2. The number of halogens is 1. The van der Waals surface area contributed by atoms with Gasteiger partial charge < -0.3 is 5.11 Å². The summed E-state index contributed by atoms with van der Waals surface area (Å²) in [5.74, 6) is -1.79. The van der Waals surface area contributed by atoms with Gasteiger partial charge in [-0.05, 0) is 24.6 Å². The van der Waals surface area contributed by atoms with Gasteiger partial charge in [-0.25, -0.2) is 22.3 Å². The Morgan fingerprint density at radius 2 is 2.04 bits per heavy atom. The van der Waals surface area contributed by atoms with Gasteiger partial charge in [0.1, 0.15) is 5.82 Å². The summed E-state index contributed by atoms with van der Waals surface area (Å²) in [6, 6.07) is 4.73. The second-order valence-corrected chi connectivity index (χ2v) is 6.91. The van der Waals surface area contributed by atoms with Gasteiger partial charge >= 0.3 is 5.97 Å². The van der Waals surface area contributed by atoms with Crippen LogP contribution in [0.1, 0.15) is 22.8 Å². The normalized spacial score (nSPS) is 13.0. The van der Waals surface area contributed by atoms with Crippen molar-refractivity contribution in [3.05, 3.63) is 53.6 Å². The van der Waals surface area contributed by atoms with Crippen LogP contribution in [0.5, 0.6) is 0 Å². The Kier molecular flexibility index (Phi) is 5.12. The lowest BCUT2D eigenvalue weighted by atomic mass is 10.2. The van der Waals surface area contributed by atoms with E-state index in [4.69, 9.17) is 5.11 Å². The molecule has 2 aromatic rings. The van der Waals surface area contributed by atoms with Crippen LogP contribution < -0.4 is 4.72 Å². The van der Waals surface area contributed by atoms with Gasteiger partial charge in [-0.2, -0.15) is 5.10 Å². The molecule has 0 saturated carbocycles. The molecule has 9 heteroatoms. The minimum absolute atomic E-state index is 0.0337. The average Bonchev–Trinajstić information content (AvgIpc) is 2.89. The monoisotopic (exact) mass is 341 g/mol. The largest absolute Gasteiger partial charge is 0.478 e. The van der Waals surface area contributed by atoms with Crippen molar-refractivity contribution in [1.82, 2.24) is 14.5 Å². The van der Waals surface area contributed by atoms with Crippen molar-refractivity contribution in [1.29, 1.82) is 0 Å². The average molecular weight is 341 g/mol. The molecule has 1 unspecified atom stereocenters. The van der Waals surface area contributed by atoms with Gasteiger partial charge in [0.2, 0.25) is 10.0 Å². The number of carboxylic acid groups (broad SMARTS) is 1. The van der Waals surface area contributed by atoms with Gasteiger partial charge in [-0.15, -0.1) is 0 Å². The van der Waals surface area contributed by atoms with Crippen molar-refractivity contribution in [3.63, 3.8) is 0 Å². The fourth-order valence-corrected chi connectivity index (χ4v) is 3.44. The van der Waals surface area contributed by atoms with Crippen molar-refractivity contribution in [3.8, 4) is 0 Å². The summed E-state index contributed by atoms with van der Waals surface area (Å²) in [5, 5.41) is 12.7. The Balaban J connectivity index is 1.95. The summed E-state index contributed by atoms with van der Waals surface area (Å²) in [4.78, 5) is 10.8. The molecule has 2 rings (SSSR count). The fourth-order valence-electron chi connectivity index (χ4n) is 2.04. The van der Waals surface area contributed by atoms with E-state index in [2.05, 4.69) is 9.82 Å². The van der Waals surface area contributed by atoms with Crippen molar-refractivity contribution in [2.24, 2.45) is 0 Å². The van der Waals surface area contributed by atoms with E-state index in [1.54, 1.807) is 6.92 Å². The molecule has 2 N–H and O–H groups in total. The van der Waals surface area contributed by atoms with Gasteiger partial charge in [0, 0.05) is 12.2 Å². The fraction of sp³-hybridized carbons (Fsp3) is 0.286. The van der Waals surface area contributed by atoms with Crippen molar-refractivity contribution < 1.29 is 22.7 Å². The van der Waals surface area contributed by atoms with Crippen LogP contribution in [-0.2, 0) is 22.3 Å². The van der Waals surface area contributed by atoms with E-state index in [9.17, 15) is 17.6 Å². The third-order valence-corrected chi connectivity index (χ3v) is 4.47. The van der Waals surface area contributed by atoms with Crippen LogP contribution in [0.25, 0.3) is 0 Å². The predicted molar refractivity (Wildman–Crippen MR) is 80.8 cm³/mol. The van der Waals surface area contributed by atoms with E-state index < -0.39 is 27.9 Å². The molecule has 0 spiro atoms. The van der Waals surface area contributed by atoms with Gasteiger partial charge in [-0.1, -0.05) is 12.1 Å². The molecule has 1 atom stereocenters. The molecule has 0 radical (unpaired) electrons. The molecule has 0 aliphatic heterocycles. The minimum atomic E-state index is -3.61. The van der Waals surface area contributed by atoms with Crippen molar-refractivity contribution >= 4 is 16.0 Å². The summed E-state index contributed by atoms with van der Waals surface area (Å²) >= 11 is 0. The standard InChI is InChI=1S/C14H16FN3O4S/c1-10(7-18-8-12(6-16-18)14(19)20)17-23(21,22)9-11-2-4-13(15)5-3-11/h2-6,8,10,17H,7,9H2,1H3,(H,19,20). The highest BCUT2D eigenvalue weighted by Crippen LogP contribution is 2.08. The number of hydrogen-bond acceptors (Lipinski definition) is 4. The lowest BCUT2D eigenvalue weighted by molar-refractivity contribution is 0.0696. The third-order valence-electron chi connectivity index (χ3n) is 2.99. The lowest BCUT2D eigenvalue weighted by Gasteiger charge is -2.14. The Labute approximate surface area is 132 Å². The second kappa shape index (κ2) is 6.88. The van der Waals surface area contributed by atoms with E-state index in [1.807, 2.05) is 0 Å². The van der Waals surface area contributed by atoms with Gasteiger partial charge in [0.05, 0.1) is 24.1 Å². The van der Waals surface area contributed by atoms with Crippen LogP contribution in [0.4, 0.5) is 4.39 Å². The second-order valence-electron chi connectivity index (χ2n) is 5.16. The Hall–Kier alpha value is -2.26. The number of rotatable bonds is 7. The van der Waals surface area contributed by atoms with E-state index in [0.717, 1.165) is 0 Å². The third kappa shape index (κ3) is 5.15. The van der Waals surface area contributed by atoms with E-state index in [0.29, 0.717) is 5.56 Å². The number of carbonyl (C=O) groups is 1. The van der Waals surface area contributed by atoms with Crippen molar-refractivity contribution in [2.75, 3.05) is 0 Å². The van der Waals surface area contributed by atoms with Gasteiger partial charge in [0.15, 0.2) is 0 Å². The summed E-state index contributed by atoms with van der Waals surface area (Å²) in [5.41, 5.74) is 0.504. The Morgan fingerprint density at radius 1 is 1.39 bits per heavy atom. The van der Waals surface area contributed by atoms with Gasteiger partial charge in [-0.3, -0.25) is 4.68 Å². The molecule has 23 heavy (non-hydrogen) atoms. The molecule has 0 bridgehead atoms. The molecule has 1 aromatic heterocycles. The Bertz CT molecular complexity index is 787. The summed E-state index contributed by atoms with van der Waals surface area (Å²) in [6.45, 7) is 1.83. The molecule has 7 nitrogen and oxygen atoms in total. The van der Waals surface area contributed by atoms with Crippen LogP contribution in [0, 0.1) is 5.82 Å². The molecule has 0 aliphatic rings. The summed E-state index contributed by atoms with van der Waals surface area (Å²) < 4.78 is 40.8. The zero-order valence-electron chi connectivity index (χ0n) is 12.3. The minimum Gasteiger partial charge on any atom is -0.478 e. The first-order valence-electron chi connectivity index (χ1n) is 6.75. The van der Waals surface area contributed by atoms with Crippen LogP contribution in [0.3, 0.4) is 0 Å². The quantitative estimate of drug-likeness (QED) is 0.789. The van der Waals surface area contributed by atoms with E-state index in [-0.39, 0.29) is 17.9 Å². The molecular weight excluding hydrogens is 325 g/mol. The summed E-state index contributed by atoms with van der Waals surface area (Å²) in [7, 11) is -3.61. The van der Waals surface area contributed by atoms with Crippen LogP contribution in [0.15, 0.2) is 36.7 Å². The van der Waals surface area contributed by atoms with Crippen molar-refractivity contribution in [2.45, 2.75) is 25.3 Å².